The van der Waals surface area contributed by atoms with Gasteiger partial charge in [0.15, 0.2) is 6.04 Å². The van der Waals surface area contributed by atoms with E-state index in [0.29, 0.717) is 50.3 Å². The molecule has 0 spiro atoms. The second-order valence-corrected chi connectivity index (χ2v) is 16.6. The lowest BCUT2D eigenvalue weighted by atomic mass is 9.88. The third-order valence-electron chi connectivity index (χ3n) is 10.8. The first-order valence-electron chi connectivity index (χ1n) is 21.4. The summed E-state index contributed by atoms with van der Waals surface area (Å²) >= 11 is 0. The van der Waals surface area contributed by atoms with Crippen LogP contribution in [-0.2, 0) is 28.5 Å². The lowest BCUT2D eigenvalue weighted by Crippen LogP contribution is -2.42. The van der Waals surface area contributed by atoms with Crippen molar-refractivity contribution in [3.63, 3.8) is 0 Å². The predicted octanol–water partition coefficient (Wildman–Crippen LogP) is 7.68. The predicted molar refractivity (Wildman–Crippen MR) is 227 cm³/mol. The van der Waals surface area contributed by atoms with Crippen LogP contribution in [0.3, 0.4) is 0 Å². The molecule has 3 aliphatic rings. The molecule has 0 bridgehead atoms. The molecule has 3 aliphatic carbocycles. The number of ether oxygens (including phenoxy) is 4. The number of azo groups is 2. The first kappa shape index (κ1) is 49.7. The van der Waals surface area contributed by atoms with Crippen molar-refractivity contribution in [1.82, 2.24) is 4.90 Å². The summed E-state index contributed by atoms with van der Waals surface area (Å²) in [6, 6.07) is -4.76. The maximum atomic E-state index is 12.0. The molecule has 0 aromatic heterocycles. The molecule has 3 rings (SSSR count). The minimum atomic E-state index is -1.28. The number of hydrogen-bond acceptors (Lipinski definition) is 15. The molecule has 0 aromatic rings. The fourth-order valence-corrected chi connectivity index (χ4v) is 7.29. The van der Waals surface area contributed by atoms with E-state index in [1.165, 1.54) is 12.2 Å². The molecule has 17 nitrogen and oxygen atoms in total. The van der Waals surface area contributed by atoms with Crippen molar-refractivity contribution in [2.24, 2.45) is 38.2 Å². The van der Waals surface area contributed by atoms with Crippen LogP contribution in [0.1, 0.15) is 92.4 Å². The van der Waals surface area contributed by atoms with Gasteiger partial charge in [-0.15, -0.1) is 0 Å². The summed E-state index contributed by atoms with van der Waals surface area (Å²) in [7, 11) is 0. The molecule has 0 aromatic carbocycles. The maximum Gasteiger partial charge on any atom is 0.330 e. The monoisotopic (exact) mass is 841 g/mol. The second kappa shape index (κ2) is 26.5. The molecule has 0 aliphatic heterocycles. The first-order valence-corrected chi connectivity index (χ1v) is 21.4. The molecule has 0 N–H and O–H groups in total. The highest BCUT2D eigenvalue weighted by molar-refractivity contribution is 5.81. The standard InChI is InChI=1S/C43H67N7O10/c1-8-42(51)59-24-20-48(21-25-60-43(52)9-2)33-16-18-35(32(7)26-33)44-46-37-28-41(58-23-13-11-15-31(5)6)38(29-40(37)57-22-12-10-14-30(3)4)47-45-36-19-17-34(49(53)54)27-39(36)50(55)56/h8-9,16-19,29-39,41H,1-2,10-15,20-28H2,3-7H3. The van der Waals surface area contributed by atoms with Crippen LogP contribution in [0.5, 0.6) is 0 Å². The normalized spacial score (nSPS) is 26.7. The second-order valence-electron chi connectivity index (χ2n) is 16.6. The Bertz CT molecular complexity index is 1540. The number of nitro groups is 2. The molecule has 9 unspecified atom stereocenters. The topological polar surface area (TPSA) is 210 Å². The number of nitrogens with zero attached hydrogens (tertiary/aromatic N) is 7. The van der Waals surface area contributed by atoms with Gasteiger partial charge in [0.25, 0.3) is 0 Å². The van der Waals surface area contributed by atoms with Crippen molar-refractivity contribution in [2.75, 3.05) is 39.5 Å². The van der Waals surface area contributed by atoms with Crippen LogP contribution in [0, 0.1) is 38.0 Å². The minimum absolute atomic E-state index is 0.0328. The van der Waals surface area contributed by atoms with Crippen LogP contribution < -0.4 is 0 Å². The fourth-order valence-electron chi connectivity index (χ4n) is 7.29. The van der Waals surface area contributed by atoms with Gasteiger partial charge in [-0.2, -0.15) is 20.5 Å². The Kier molecular flexibility index (Phi) is 22.0. The lowest BCUT2D eigenvalue weighted by Gasteiger charge is -2.35. The van der Waals surface area contributed by atoms with Gasteiger partial charge in [-0.25, -0.2) is 9.59 Å². The highest BCUT2D eigenvalue weighted by atomic mass is 16.6. The van der Waals surface area contributed by atoms with Gasteiger partial charge in [0.1, 0.15) is 31.1 Å². The van der Waals surface area contributed by atoms with Crippen LogP contribution in [-0.4, -0.2) is 115 Å². The average molecular weight is 842 g/mol. The Hall–Kier alpha value is -4.64. The minimum Gasteiger partial charge on any atom is -0.496 e. The van der Waals surface area contributed by atoms with Crippen molar-refractivity contribution >= 4 is 11.9 Å². The Morgan fingerprint density at radius 2 is 1.35 bits per heavy atom. The SMILES string of the molecule is C=CC(=O)OCCN(CCOC(=O)C=C)C1C=CC(N=NC2CC(OCCCCC(C)C)C(N=NC3C=CC([N+](=O)[O-])CC3[N+](=O)[O-])C=C2OCCCCC(C)C)C(C)C1. The van der Waals surface area contributed by atoms with Crippen molar-refractivity contribution < 1.29 is 38.4 Å². The van der Waals surface area contributed by atoms with E-state index in [0.717, 1.165) is 57.1 Å². The van der Waals surface area contributed by atoms with Crippen LogP contribution in [0.4, 0.5) is 0 Å². The van der Waals surface area contributed by atoms with Gasteiger partial charge in [0.2, 0.25) is 12.1 Å². The van der Waals surface area contributed by atoms with E-state index in [1.54, 1.807) is 0 Å². The highest BCUT2D eigenvalue weighted by Crippen LogP contribution is 2.31. The number of unbranched alkanes of at least 4 members (excludes halogenated alkanes) is 2. The van der Waals surface area contributed by atoms with E-state index in [-0.39, 0.29) is 37.6 Å². The van der Waals surface area contributed by atoms with Crippen LogP contribution in [0.25, 0.3) is 0 Å². The van der Waals surface area contributed by atoms with Crippen molar-refractivity contribution in [1.29, 1.82) is 0 Å². The summed E-state index contributed by atoms with van der Waals surface area (Å²) < 4.78 is 23.3. The van der Waals surface area contributed by atoms with Gasteiger partial charge in [-0.05, 0) is 61.7 Å². The van der Waals surface area contributed by atoms with Gasteiger partial charge >= 0.3 is 11.9 Å². The zero-order valence-electron chi connectivity index (χ0n) is 36.1. The summed E-state index contributed by atoms with van der Waals surface area (Å²) in [4.78, 5) is 47.8. The fraction of sp³-hybridized carbons (Fsp3) is 0.721. The van der Waals surface area contributed by atoms with Gasteiger partial charge in [-0.1, -0.05) is 79.2 Å². The summed E-state index contributed by atoms with van der Waals surface area (Å²) in [6.07, 6.45) is 17.1. The van der Waals surface area contributed by atoms with Gasteiger partial charge in [0.05, 0.1) is 25.2 Å². The summed E-state index contributed by atoms with van der Waals surface area (Å²) in [6.45, 7) is 19.8. The Morgan fingerprint density at radius 1 is 0.767 bits per heavy atom. The Morgan fingerprint density at radius 3 is 1.92 bits per heavy atom. The molecule has 0 heterocycles. The maximum absolute atomic E-state index is 12.0. The highest BCUT2D eigenvalue weighted by Gasteiger charge is 2.41. The Balaban J connectivity index is 1.88. The smallest absolute Gasteiger partial charge is 0.330 e. The van der Waals surface area contributed by atoms with Crippen molar-refractivity contribution in [3.8, 4) is 0 Å². The molecule has 17 heteroatoms. The zero-order chi connectivity index (χ0) is 44.0. The number of esters is 2. The average Bonchev–Trinajstić information content (AvgIpc) is 3.21. The van der Waals surface area contributed by atoms with Crippen LogP contribution in [0.15, 0.2) is 81.9 Å². The Labute approximate surface area is 354 Å². The molecule has 0 saturated heterocycles. The molecule has 9 atom stereocenters. The van der Waals surface area contributed by atoms with Gasteiger partial charge in [0, 0.05) is 54.2 Å². The molecular formula is C43H67N7O10. The number of carbonyl (C=O) groups excluding carboxylic acids is 2. The molecule has 0 amide bonds. The third-order valence-corrected chi connectivity index (χ3v) is 10.8. The molecule has 334 valence electrons. The molecule has 60 heavy (non-hydrogen) atoms. The summed E-state index contributed by atoms with van der Waals surface area (Å²) in [5, 5.41) is 42.1. The van der Waals surface area contributed by atoms with E-state index in [9.17, 15) is 29.8 Å². The van der Waals surface area contributed by atoms with Gasteiger partial charge in [-0.3, -0.25) is 25.1 Å². The van der Waals surface area contributed by atoms with Crippen molar-refractivity contribution in [2.45, 2.75) is 141 Å². The van der Waals surface area contributed by atoms with E-state index >= 15 is 0 Å². The van der Waals surface area contributed by atoms with Crippen molar-refractivity contribution in [3.05, 3.63) is 81.7 Å². The zero-order valence-corrected chi connectivity index (χ0v) is 36.1. The first-order chi connectivity index (χ1) is 28.7. The third kappa shape index (κ3) is 17.5. The molecule has 0 saturated carbocycles. The van der Waals surface area contributed by atoms with Crippen LogP contribution >= 0.6 is 0 Å². The largest absolute Gasteiger partial charge is 0.496 e. The molecular weight excluding hydrogens is 775 g/mol. The van der Waals surface area contributed by atoms with E-state index in [1.807, 2.05) is 12.2 Å². The lowest BCUT2D eigenvalue weighted by molar-refractivity contribution is -0.556. The number of hydrogen-bond donors (Lipinski definition) is 0. The molecule has 0 radical (unpaired) electrons. The number of rotatable bonds is 27. The summed E-state index contributed by atoms with van der Waals surface area (Å²) in [5.74, 6) is 0.784. The van der Waals surface area contributed by atoms with Crippen LogP contribution in [0.2, 0.25) is 0 Å². The van der Waals surface area contributed by atoms with E-state index in [2.05, 4.69) is 69.0 Å². The van der Waals surface area contributed by atoms with E-state index < -0.39 is 58.1 Å². The van der Waals surface area contributed by atoms with Gasteiger partial charge < -0.3 is 18.9 Å². The number of carbonyl (C=O) groups is 2. The molecule has 0 fully saturated rings. The van der Waals surface area contributed by atoms with E-state index in [4.69, 9.17) is 29.2 Å². The summed E-state index contributed by atoms with van der Waals surface area (Å²) in [5.41, 5.74) is 0. The quantitative estimate of drug-likeness (QED) is 0.0149.